The third kappa shape index (κ3) is 1.77. The Morgan fingerprint density at radius 3 is 2.89 bits per heavy atom. The van der Waals surface area contributed by atoms with Crippen molar-refractivity contribution in [1.82, 2.24) is 19.3 Å². The molecule has 3 rings (SSSR count). The van der Waals surface area contributed by atoms with E-state index in [-0.39, 0.29) is 0 Å². The van der Waals surface area contributed by atoms with E-state index in [1.807, 2.05) is 6.07 Å². The minimum absolute atomic E-state index is 0.336. The number of rotatable bonds is 1. The standard InChI is InChI=1S/C12H10ClN5O/c1-17-10(14)9-6-15-18(11(9)16-12(17)19)8-4-2-3-7(13)5-8/h2-6H,14H2,1H3. The van der Waals surface area contributed by atoms with E-state index in [1.54, 1.807) is 36.1 Å². The van der Waals surface area contributed by atoms with E-state index in [0.717, 1.165) is 5.69 Å². The van der Waals surface area contributed by atoms with Crippen molar-refractivity contribution >= 4 is 28.5 Å². The van der Waals surface area contributed by atoms with Gasteiger partial charge in [0, 0.05) is 12.1 Å². The molecule has 0 aliphatic rings. The van der Waals surface area contributed by atoms with Crippen LogP contribution >= 0.6 is 11.6 Å². The summed E-state index contributed by atoms with van der Waals surface area (Å²) in [7, 11) is 1.57. The van der Waals surface area contributed by atoms with Crippen LogP contribution < -0.4 is 11.4 Å². The summed E-state index contributed by atoms with van der Waals surface area (Å²) in [6, 6.07) is 7.13. The van der Waals surface area contributed by atoms with Crippen LogP contribution in [0.2, 0.25) is 5.02 Å². The monoisotopic (exact) mass is 275 g/mol. The zero-order valence-corrected chi connectivity index (χ0v) is 10.8. The third-order valence-electron chi connectivity index (χ3n) is 2.92. The van der Waals surface area contributed by atoms with Gasteiger partial charge in [0.15, 0.2) is 5.65 Å². The molecular formula is C12H10ClN5O. The van der Waals surface area contributed by atoms with Crippen molar-refractivity contribution in [2.45, 2.75) is 0 Å². The number of anilines is 1. The molecule has 0 fully saturated rings. The molecule has 0 atom stereocenters. The van der Waals surface area contributed by atoms with Gasteiger partial charge in [0.2, 0.25) is 0 Å². The lowest BCUT2D eigenvalue weighted by molar-refractivity contribution is 0.824. The van der Waals surface area contributed by atoms with Crippen molar-refractivity contribution < 1.29 is 0 Å². The summed E-state index contributed by atoms with van der Waals surface area (Å²) in [5.41, 5.74) is 6.61. The Bertz CT molecular complexity index is 836. The molecule has 19 heavy (non-hydrogen) atoms. The highest BCUT2D eigenvalue weighted by Crippen LogP contribution is 2.21. The lowest BCUT2D eigenvalue weighted by Crippen LogP contribution is -2.23. The van der Waals surface area contributed by atoms with Crippen molar-refractivity contribution in [2.75, 3.05) is 5.73 Å². The van der Waals surface area contributed by atoms with Crippen molar-refractivity contribution in [2.24, 2.45) is 7.05 Å². The average molecular weight is 276 g/mol. The first-order valence-electron chi connectivity index (χ1n) is 5.54. The summed E-state index contributed by atoms with van der Waals surface area (Å²) < 4.78 is 2.82. The fourth-order valence-corrected chi connectivity index (χ4v) is 2.06. The SMILES string of the molecule is Cn1c(N)c2cnn(-c3cccc(Cl)c3)c2nc1=O. The number of nitrogens with zero attached hydrogens (tertiary/aromatic N) is 4. The molecule has 3 aromatic rings. The fraction of sp³-hybridized carbons (Fsp3) is 0.0833. The molecule has 96 valence electrons. The summed E-state index contributed by atoms with van der Waals surface area (Å²) >= 11 is 5.95. The molecule has 0 radical (unpaired) electrons. The Kier molecular flexibility index (Phi) is 2.53. The number of fused-ring (bicyclic) bond motifs is 1. The summed E-state index contributed by atoms with van der Waals surface area (Å²) in [5, 5.41) is 5.42. The van der Waals surface area contributed by atoms with Crippen LogP contribution in [0, 0.1) is 0 Å². The van der Waals surface area contributed by atoms with Crippen molar-refractivity contribution in [1.29, 1.82) is 0 Å². The van der Waals surface area contributed by atoms with Gasteiger partial charge in [-0.05, 0) is 18.2 Å². The van der Waals surface area contributed by atoms with Crippen LogP contribution in [0.3, 0.4) is 0 Å². The van der Waals surface area contributed by atoms with Crippen molar-refractivity contribution in [3.8, 4) is 5.69 Å². The lowest BCUT2D eigenvalue weighted by Gasteiger charge is -2.05. The Morgan fingerprint density at radius 2 is 2.16 bits per heavy atom. The second-order valence-electron chi connectivity index (χ2n) is 4.11. The van der Waals surface area contributed by atoms with Gasteiger partial charge in [-0.2, -0.15) is 10.1 Å². The molecular weight excluding hydrogens is 266 g/mol. The van der Waals surface area contributed by atoms with Crippen LogP contribution in [0.1, 0.15) is 0 Å². The van der Waals surface area contributed by atoms with Gasteiger partial charge >= 0.3 is 5.69 Å². The highest BCUT2D eigenvalue weighted by atomic mass is 35.5. The summed E-state index contributed by atoms with van der Waals surface area (Å²) in [4.78, 5) is 15.7. The molecule has 0 bridgehead atoms. The number of aromatic nitrogens is 4. The second kappa shape index (κ2) is 4.10. The van der Waals surface area contributed by atoms with E-state index < -0.39 is 5.69 Å². The molecule has 0 aliphatic heterocycles. The zero-order chi connectivity index (χ0) is 13.6. The molecule has 0 saturated heterocycles. The molecule has 0 saturated carbocycles. The molecule has 7 heteroatoms. The van der Waals surface area contributed by atoms with Crippen LogP contribution in [0.15, 0.2) is 35.3 Å². The van der Waals surface area contributed by atoms with Gasteiger partial charge < -0.3 is 5.73 Å². The number of hydrogen-bond acceptors (Lipinski definition) is 4. The van der Waals surface area contributed by atoms with E-state index in [0.29, 0.717) is 21.9 Å². The van der Waals surface area contributed by atoms with Crippen LogP contribution in [0.5, 0.6) is 0 Å². The summed E-state index contributed by atoms with van der Waals surface area (Å²) in [5.74, 6) is 0.336. The number of hydrogen-bond donors (Lipinski definition) is 1. The maximum Gasteiger partial charge on any atom is 0.350 e. The first-order valence-corrected chi connectivity index (χ1v) is 5.92. The topological polar surface area (TPSA) is 78.7 Å². The predicted octanol–water partition coefficient (Wildman–Crippen LogP) is 1.35. The molecule has 6 nitrogen and oxygen atoms in total. The molecule has 0 unspecified atom stereocenters. The second-order valence-corrected chi connectivity index (χ2v) is 4.55. The maximum absolute atomic E-state index is 11.7. The smallest absolute Gasteiger partial charge is 0.350 e. The first-order chi connectivity index (χ1) is 9.08. The quantitative estimate of drug-likeness (QED) is 0.727. The Morgan fingerprint density at radius 1 is 1.37 bits per heavy atom. The van der Waals surface area contributed by atoms with Gasteiger partial charge in [0.1, 0.15) is 5.82 Å². The largest absolute Gasteiger partial charge is 0.384 e. The van der Waals surface area contributed by atoms with Crippen LogP contribution in [0.25, 0.3) is 16.7 Å². The minimum Gasteiger partial charge on any atom is -0.384 e. The van der Waals surface area contributed by atoms with Gasteiger partial charge in [0.05, 0.1) is 17.3 Å². The molecule has 1 aromatic carbocycles. The van der Waals surface area contributed by atoms with Gasteiger partial charge in [0.25, 0.3) is 0 Å². The van der Waals surface area contributed by atoms with Crippen molar-refractivity contribution in [3.05, 3.63) is 46.0 Å². The number of nitrogens with two attached hydrogens (primary N) is 1. The number of nitrogen functional groups attached to an aromatic ring is 1. The predicted molar refractivity (Wildman–Crippen MR) is 73.5 cm³/mol. The fourth-order valence-electron chi connectivity index (χ4n) is 1.88. The molecule has 0 amide bonds. The zero-order valence-electron chi connectivity index (χ0n) is 10.0. The lowest BCUT2D eigenvalue weighted by atomic mass is 10.3. The van der Waals surface area contributed by atoms with Crippen LogP contribution in [0.4, 0.5) is 5.82 Å². The number of halogens is 1. The maximum atomic E-state index is 11.7. The van der Waals surface area contributed by atoms with Crippen LogP contribution in [-0.2, 0) is 7.05 Å². The first kappa shape index (κ1) is 11.7. The normalized spacial score (nSPS) is 11.1. The van der Waals surface area contributed by atoms with E-state index >= 15 is 0 Å². The summed E-state index contributed by atoms with van der Waals surface area (Å²) in [6.07, 6.45) is 1.58. The van der Waals surface area contributed by atoms with Gasteiger partial charge in [-0.15, -0.1) is 0 Å². The van der Waals surface area contributed by atoms with Gasteiger partial charge in [-0.25, -0.2) is 9.48 Å². The van der Waals surface area contributed by atoms with E-state index in [9.17, 15) is 4.79 Å². The van der Waals surface area contributed by atoms with Gasteiger partial charge in [-0.1, -0.05) is 17.7 Å². The molecule has 2 aromatic heterocycles. The minimum atomic E-state index is -0.422. The van der Waals surface area contributed by atoms with Crippen LogP contribution in [-0.4, -0.2) is 19.3 Å². The number of benzene rings is 1. The molecule has 0 spiro atoms. The average Bonchev–Trinajstić information content (AvgIpc) is 2.80. The molecule has 2 heterocycles. The Hall–Kier alpha value is -2.34. The Balaban J connectivity index is 2.35. The van der Waals surface area contributed by atoms with E-state index in [4.69, 9.17) is 17.3 Å². The van der Waals surface area contributed by atoms with E-state index in [2.05, 4.69) is 10.1 Å². The highest BCUT2D eigenvalue weighted by Gasteiger charge is 2.12. The third-order valence-corrected chi connectivity index (χ3v) is 3.16. The van der Waals surface area contributed by atoms with E-state index in [1.165, 1.54) is 4.57 Å². The summed E-state index contributed by atoms with van der Waals surface area (Å²) in [6.45, 7) is 0. The Labute approximate surface area is 113 Å². The van der Waals surface area contributed by atoms with Gasteiger partial charge in [-0.3, -0.25) is 4.57 Å². The van der Waals surface area contributed by atoms with Crippen molar-refractivity contribution in [3.63, 3.8) is 0 Å². The molecule has 0 aliphatic carbocycles. The molecule has 2 N–H and O–H groups in total. The highest BCUT2D eigenvalue weighted by molar-refractivity contribution is 6.30.